The maximum Gasteiger partial charge on any atom is 0.249 e. The fourth-order valence-electron chi connectivity index (χ4n) is 6.96. The normalized spacial score (nSPS) is 46.7. The second-order valence-corrected chi connectivity index (χ2v) is 9.48. The van der Waals surface area contributed by atoms with Gasteiger partial charge in [-0.1, -0.05) is 0 Å². The lowest BCUT2D eigenvalue weighted by atomic mass is 9.46. The lowest BCUT2D eigenvalue weighted by Crippen LogP contribution is -2.64. The summed E-state index contributed by atoms with van der Waals surface area (Å²) in [6.45, 7) is 0. The molecule has 0 aromatic carbocycles. The van der Waals surface area contributed by atoms with Gasteiger partial charge in [-0.15, -0.1) is 0 Å². The van der Waals surface area contributed by atoms with Crippen molar-refractivity contribution in [2.75, 3.05) is 0 Å². The van der Waals surface area contributed by atoms with Gasteiger partial charge >= 0.3 is 0 Å². The van der Waals surface area contributed by atoms with Gasteiger partial charge in [-0.2, -0.15) is 5.26 Å². The third-order valence-corrected chi connectivity index (χ3v) is 7.51. The van der Waals surface area contributed by atoms with Gasteiger partial charge in [0.2, 0.25) is 12.1 Å². The number of nitrogens with two attached hydrogens (primary N) is 1. The fourth-order valence-corrected chi connectivity index (χ4v) is 6.96. The number of carboxylic acid groups (broad SMARTS) is 2. The lowest BCUT2D eigenvalue weighted by molar-refractivity contribution is -0.275. The first-order chi connectivity index (χ1) is 12.7. The molecule has 4 N–H and O–H groups in total. The molecule has 8 heteroatoms. The predicted octanol–water partition coefficient (Wildman–Crippen LogP) is 0.0457. The Bertz CT molecular complexity index is 686. The summed E-state index contributed by atoms with van der Waals surface area (Å²) in [4.78, 5) is 23.4. The molecule has 6 aliphatic rings. The van der Waals surface area contributed by atoms with Gasteiger partial charge in [0.05, 0.1) is 17.7 Å². The minimum atomic E-state index is -2.08. The monoisotopic (exact) mass is 376 g/mol. The van der Waals surface area contributed by atoms with Crippen LogP contribution in [0.1, 0.15) is 51.4 Å². The van der Waals surface area contributed by atoms with Crippen molar-refractivity contribution in [1.82, 2.24) is 4.90 Å². The van der Waals surface area contributed by atoms with Crippen LogP contribution in [0.4, 0.5) is 4.79 Å². The van der Waals surface area contributed by atoms with E-state index >= 15 is 0 Å². The minimum Gasteiger partial charge on any atom is -0.565 e. The van der Waals surface area contributed by atoms with E-state index in [0.29, 0.717) is 24.2 Å². The van der Waals surface area contributed by atoms with E-state index in [2.05, 4.69) is 6.07 Å². The Morgan fingerprint density at radius 1 is 1.19 bits per heavy atom. The molecule has 0 radical (unpaired) electrons. The summed E-state index contributed by atoms with van der Waals surface area (Å²) in [6, 6.07) is 1.72. The van der Waals surface area contributed by atoms with Gasteiger partial charge in [0.1, 0.15) is 6.04 Å². The molecule has 1 aliphatic heterocycles. The van der Waals surface area contributed by atoms with Gasteiger partial charge in [-0.3, -0.25) is 4.79 Å². The number of piperidine rings is 1. The lowest BCUT2D eigenvalue weighted by Gasteiger charge is -2.61. The molecule has 1 amide bonds. The summed E-state index contributed by atoms with van der Waals surface area (Å²) >= 11 is 0. The Balaban J connectivity index is 0.000000413. The zero-order valence-corrected chi connectivity index (χ0v) is 15.2. The number of nitriles is 1. The molecular formula is C19H26N3O5-. The maximum absolute atomic E-state index is 13.1. The molecule has 8 nitrogen and oxygen atoms in total. The first-order valence-corrected chi connectivity index (χ1v) is 9.76. The Labute approximate surface area is 157 Å². The van der Waals surface area contributed by atoms with Crippen LogP contribution in [0, 0.1) is 34.5 Å². The number of carbonyl (C=O) groups excluding carboxylic acids is 1. The van der Waals surface area contributed by atoms with Crippen molar-refractivity contribution in [2.45, 2.75) is 75.1 Å². The molecule has 4 bridgehead atoms. The summed E-state index contributed by atoms with van der Waals surface area (Å²) < 4.78 is 0. The molecule has 0 spiro atoms. The van der Waals surface area contributed by atoms with Gasteiger partial charge in [0.15, 0.2) is 0 Å². The topological polar surface area (TPSA) is 151 Å². The van der Waals surface area contributed by atoms with E-state index in [1.807, 2.05) is 0 Å². The van der Waals surface area contributed by atoms with Crippen LogP contribution in [-0.2, 0) is 4.79 Å². The van der Waals surface area contributed by atoms with Crippen LogP contribution in [0.5, 0.6) is 0 Å². The molecule has 148 valence electrons. The largest absolute Gasteiger partial charge is 0.565 e. The number of rotatable bonds is 2. The number of hydrogen-bond acceptors (Lipinski definition) is 6. The average molecular weight is 376 g/mol. The van der Waals surface area contributed by atoms with Gasteiger partial charge in [-0.05, 0) is 74.5 Å². The highest BCUT2D eigenvalue weighted by Crippen LogP contribution is 2.63. The highest BCUT2D eigenvalue weighted by molar-refractivity contribution is 5.84. The number of amides is 1. The maximum atomic E-state index is 13.1. The minimum absolute atomic E-state index is 0.0212. The van der Waals surface area contributed by atoms with Crippen LogP contribution in [0.25, 0.3) is 0 Å². The summed E-state index contributed by atoms with van der Waals surface area (Å²) in [6.07, 6.45) is 5.40. The summed E-state index contributed by atoms with van der Waals surface area (Å²) in [5.74, 6) is 1.56. The standard InChI is InChI=1S/C18H25N3O2.CH2O3/c19-8-13-2-12-3-14(12)21(13)16(22)15(20)17-4-10-1-11(5-17)7-18(23,6-10)9-17;2-1(3)4/h10-15,23H,1-7,9,20H2;(H2,2,3,4)/p-1/t10?,11?,12-,13+,14+,15-,17?,18?;/m1./s1. The molecule has 1 saturated heterocycles. The van der Waals surface area contributed by atoms with Crippen LogP contribution >= 0.6 is 0 Å². The quantitative estimate of drug-likeness (QED) is 0.616. The molecule has 6 fully saturated rings. The van der Waals surface area contributed by atoms with E-state index in [1.54, 1.807) is 4.90 Å². The summed E-state index contributed by atoms with van der Waals surface area (Å²) in [5.41, 5.74) is 5.71. The first kappa shape index (κ1) is 18.5. The van der Waals surface area contributed by atoms with Crippen molar-refractivity contribution in [3.8, 4) is 6.07 Å². The number of aliphatic hydroxyl groups is 1. The van der Waals surface area contributed by atoms with Crippen molar-refractivity contribution < 1.29 is 24.9 Å². The van der Waals surface area contributed by atoms with E-state index < -0.39 is 17.8 Å². The second-order valence-electron chi connectivity index (χ2n) is 9.48. The van der Waals surface area contributed by atoms with E-state index in [0.717, 1.165) is 38.5 Å². The SMILES string of the molecule is N#C[C@@H]1C[C@@H]2C[C@@H]2N1C(=O)[C@@H](N)C12CC3CC(CC(O)(C3)C1)C2.O=C([O-])O. The molecule has 6 atom stereocenters. The summed E-state index contributed by atoms with van der Waals surface area (Å²) in [7, 11) is 0. The smallest absolute Gasteiger partial charge is 0.249 e. The average Bonchev–Trinajstić information content (AvgIpc) is 3.21. The first-order valence-electron chi connectivity index (χ1n) is 9.76. The number of likely N-dealkylation sites (tertiary alicyclic amines) is 1. The molecule has 5 saturated carbocycles. The fraction of sp³-hybridized carbons (Fsp3) is 0.842. The Hall–Kier alpha value is -1.85. The zero-order chi connectivity index (χ0) is 19.6. The van der Waals surface area contributed by atoms with Gasteiger partial charge in [0.25, 0.3) is 0 Å². The highest BCUT2D eigenvalue weighted by atomic mass is 16.6. The van der Waals surface area contributed by atoms with Crippen molar-refractivity contribution >= 4 is 12.1 Å². The molecular weight excluding hydrogens is 350 g/mol. The van der Waals surface area contributed by atoms with E-state index in [1.165, 1.54) is 6.42 Å². The molecule has 0 aromatic heterocycles. The number of carbonyl (C=O) groups is 2. The molecule has 2 unspecified atom stereocenters. The Morgan fingerprint density at radius 2 is 1.78 bits per heavy atom. The van der Waals surface area contributed by atoms with Gasteiger partial charge in [-0.25, -0.2) is 0 Å². The van der Waals surface area contributed by atoms with Crippen molar-refractivity contribution in [3.05, 3.63) is 0 Å². The highest BCUT2D eigenvalue weighted by Gasteiger charge is 2.62. The van der Waals surface area contributed by atoms with E-state index in [9.17, 15) is 15.2 Å². The number of hydrogen-bond donors (Lipinski definition) is 3. The predicted molar refractivity (Wildman–Crippen MR) is 90.8 cm³/mol. The van der Waals surface area contributed by atoms with Gasteiger partial charge < -0.3 is 30.7 Å². The Kier molecular flexibility index (Phi) is 4.17. The zero-order valence-electron chi connectivity index (χ0n) is 15.2. The number of fused-ring (bicyclic) bond motifs is 1. The van der Waals surface area contributed by atoms with Crippen LogP contribution < -0.4 is 10.8 Å². The second kappa shape index (κ2) is 6.08. The van der Waals surface area contributed by atoms with Crippen LogP contribution in [0.15, 0.2) is 0 Å². The third-order valence-electron chi connectivity index (χ3n) is 7.51. The Morgan fingerprint density at radius 3 is 2.30 bits per heavy atom. The van der Waals surface area contributed by atoms with Crippen LogP contribution in [0.3, 0.4) is 0 Å². The van der Waals surface area contributed by atoms with Crippen LogP contribution in [0.2, 0.25) is 0 Å². The number of nitrogens with zero attached hydrogens (tertiary/aromatic N) is 2. The van der Waals surface area contributed by atoms with Crippen molar-refractivity contribution in [3.63, 3.8) is 0 Å². The van der Waals surface area contributed by atoms with Crippen molar-refractivity contribution in [2.24, 2.45) is 28.9 Å². The molecule has 6 rings (SSSR count). The molecule has 1 heterocycles. The molecule has 0 aromatic rings. The third kappa shape index (κ3) is 3.07. The molecule has 5 aliphatic carbocycles. The van der Waals surface area contributed by atoms with Crippen LogP contribution in [-0.4, -0.2) is 50.9 Å². The van der Waals surface area contributed by atoms with E-state index in [4.69, 9.17) is 20.7 Å². The molecule has 27 heavy (non-hydrogen) atoms. The summed E-state index contributed by atoms with van der Waals surface area (Å²) in [5, 5.41) is 35.6. The van der Waals surface area contributed by atoms with Gasteiger partial charge in [0, 0.05) is 6.04 Å². The van der Waals surface area contributed by atoms with Crippen molar-refractivity contribution in [1.29, 1.82) is 5.26 Å². The van der Waals surface area contributed by atoms with E-state index in [-0.39, 0.29) is 23.4 Å².